The number of halogens is 1. The molecule has 0 aliphatic carbocycles. The molecule has 1 aliphatic rings. The highest BCUT2D eigenvalue weighted by molar-refractivity contribution is 6.30. The lowest BCUT2D eigenvalue weighted by atomic mass is 10.1. The molecule has 6 heteroatoms. The number of hydrogen-bond donors (Lipinski definition) is 2. The quantitative estimate of drug-likeness (QED) is 0.802. The lowest BCUT2D eigenvalue weighted by molar-refractivity contribution is 0.171. The summed E-state index contributed by atoms with van der Waals surface area (Å²) in [5, 5.41) is 2.26. The Kier molecular flexibility index (Phi) is 3.05. The second-order valence-corrected chi connectivity index (χ2v) is 3.59. The topological polar surface area (TPSA) is 58.5 Å². The van der Waals surface area contributed by atoms with Gasteiger partial charge >= 0.3 is 6.03 Å². The van der Waals surface area contributed by atoms with Crippen LogP contribution in [0.25, 0.3) is 0 Å². The summed E-state index contributed by atoms with van der Waals surface area (Å²) in [6, 6.07) is 7.23. The van der Waals surface area contributed by atoms with Crippen LogP contribution >= 0.6 is 11.6 Å². The standard InChI is InChI=1S/C9H10ClN4O/c10-8-3-1-7(2-4-8)5-6-14-12-9(15)11-13-14/h1-4,13H,5-6H2,(H,12,15). The molecule has 1 aromatic rings. The maximum Gasteiger partial charge on any atom is 0.369 e. The van der Waals surface area contributed by atoms with Gasteiger partial charge in [0.2, 0.25) is 0 Å². The van der Waals surface area contributed by atoms with E-state index in [4.69, 9.17) is 11.6 Å². The molecular formula is C9H10ClN4O. The highest BCUT2D eigenvalue weighted by Gasteiger charge is 2.17. The van der Waals surface area contributed by atoms with Crippen molar-refractivity contribution < 1.29 is 4.79 Å². The minimum Gasteiger partial charge on any atom is -0.253 e. The van der Waals surface area contributed by atoms with Gasteiger partial charge in [-0.2, -0.15) is 0 Å². The number of nitrogens with one attached hydrogen (secondary N) is 2. The van der Waals surface area contributed by atoms with Crippen molar-refractivity contribution in [1.29, 1.82) is 0 Å². The van der Waals surface area contributed by atoms with Gasteiger partial charge in [-0.3, -0.25) is 5.43 Å². The summed E-state index contributed by atoms with van der Waals surface area (Å²) in [4.78, 5) is 10.7. The van der Waals surface area contributed by atoms with E-state index in [0.717, 1.165) is 17.0 Å². The first-order chi connectivity index (χ1) is 7.24. The molecular weight excluding hydrogens is 216 g/mol. The number of benzene rings is 1. The van der Waals surface area contributed by atoms with E-state index in [-0.39, 0.29) is 6.03 Å². The number of hydrogen-bond acceptors (Lipinski definition) is 3. The summed E-state index contributed by atoms with van der Waals surface area (Å²) in [7, 11) is 0. The van der Waals surface area contributed by atoms with Gasteiger partial charge in [-0.15, -0.1) is 16.1 Å². The van der Waals surface area contributed by atoms with Gasteiger partial charge in [-0.25, -0.2) is 4.79 Å². The molecule has 0 bridgehead atoms. The van der Waals surface area contributed by atoms with Crippen LogP contribution in [-0.2, 0) is 6.42 Å². The van der Waals surface area contributed by atoms with Crippen molar-refractivity contribution in [2.24, 2.45) is 0 Å². The average Bonchev–Trinajstić information content (AvgIpc) is 2.64. The molecule has 2 amide bonds. The monoisotopic (exact) mass is 225 g/mol. The number of hydrazine groups is 2. The van der Waals surface area contributed by atoms with Gasteiger partial charge < -0.3 is 0 Å². The molecule has 1 heterocycles. The molecule has 1 aliphatic heterocycles. The zero-order valence-corrected chi connectivity index (χ0v) is 8.66. The van der Waals surface area contributed by atoms with Crippen LogP contribution in [0.3, 0.4) is 0 Å². The molecule has 1 fully saturated rings. The van der Waals surface area contributed by atoms with E-state index >= 15 is 0 Å². The second kappa shape index (κ2) is 4.48. The molecule has 1 radical (unpaired) electrons. The Morgan fingerprint density at radius 1 is 1.33 bits per heavy atom. The van der Waals surface area contributed by atoms with E-state index in [1.807, 2.05) is 24.3 Å². The molecule has 0 aromatic heterocycles. The number of urea groups is 1. The Balaban J connectivity index is 1.83. The van der Waals surface area contributed by atoms with Gasteiger partial charge in [0.25, 0.3) is 0 Å². The number of amides is 2. The van der Waals surface area contributed by atoms with E-state index in [0.29, 0.717) is 6.54 Å². The molecule has 2 rings (SSSR count). The second-order valence-electron chi connectivity index (χ2n) is 3.16. The minimum absolute atomic E-state index is 0.369. The van der Waals surface area contributed by atoms with Crippen molar-refractivity contribution in [2.75, 3.05) is 6.54 Å². The molecule has 5 nitrogen and oxygen atoms in total. The Hall–Kier alpha value is -1.30. The van der Waals surface area contributed by atoms with Gasteiger partial charge in [0, 0.05) is 11.6 Å². The van der Waals surface area contributed by atoms with Crippen LogP contribution in [0.1, 0.15) is 5.56 Å². The van der Waals surface area contributed by atoms with Crippen molar-refractivity contribution in [3.8, 4) is 0 Å². The third kappa shape index (κ3) is 2.82. The van der Waals surface area contributed by atoms with Crippen molar-refractivity contribution in [2.45, 2.75) is 6.42 Å². The van der Waals surface area contributed by atoms with Crippen LogP contribution in [0.2, 0.25) is 5.02 Å². The van der Waals surface area contributed by atoms with Crippen molar-refractivity contribution >= 4 is 17.6 Å². The molecule has 0 saturated carbocycles. The van der Waals surface area contributed by atoms with E-state index in [9.17, 15) is 4.79 Å². The van der Waals surface area contributed by atoms with Crippen LogP contribution in [0.5, 0.6) is 0 Å². The first kappa shape index (κ1) is 10.2. The summed E-state index contributed by atoms with van der Waals surface area (Å²) in [5.74, 6) is 0. The van der Waals surface area contributed by atoms with Crippen molar-refractivity contribution in [1.82, 2.24) is 21.5 Å². The maximum atomic E-state index is 10.7. The van der Waals surface area contributed by atoms with Gasteiger partial charge in [-0.05, 0) is 24.1 Å². The van der Waals surface area contributed by atoms with Crippen LogP contribution in [0.15, 0.2) is 24.3 Å². The lowest BCUT2D eigenvalue weighted by Gasteiger charge is -2.11. The van der Waals surface area contributed by atoms with Gasteiger partial charge in [0.1, 0.15) is 0 Å². The van der Waals surface area contributed by atoms with Gasteiger partial charge in [0.15, 0.2) is 0 Å². The van der Waals surface area contributed by atoms with E-state index < -0.39 is 0 Å². The Labute approximate surface area is 92.3 Å². The van der Waals surface area contributed by atoms with E-state index in [2.05, 4.69) is 16.4 Å². The van der Waals surface area contributed by atoms with Gasteiger partial charge in [0.05, 0.1) is 0 Å². The maximum absolute atomic E-state index is 10.7. The number of rotatable bonds is 3. The third-order valence-corrected chi connectivity index (χ3v) is 2.29. The molecule has 2 N–H and O–H groups in total. The third-order valence-electron chi connectivity index (χ3n) is 2.04. The summed E-state index contributed by atoms with van der Waals surface area (Å²) in [6.45, 7) is 0.650. The number of carbonyl (C=O) groups excluding carboxylic acids is 1. The fraction of sp³-hybridized carbons (Fsp3) is 0.222. The molecule has 79 valence electrons. The zero-order chi connectivity index (χ0) is 10.7. The largest absolute Gasteiger partial charge is 0.369 e. The van der Waals surface area contributed by atoms with Crippen LogP contribution in [0, 0.1) is 0 Å². The van der Waals surface area contributed by atoms with E-state index in [1.54, 1.807) is 0 Å². The summed E-state index contributed by atoms with van der Waals surface area (Å²) < 4.78 is 0. The minimum atomic E-state index is -0.369. The SMILES string of the molecule is O=C1[N]NN(CCc2ccc(Cl)cc2)N1. The van der Waals surface area contributed by atoms with Crippen LogP contribution < -0.4 is 16.4 Å². The van der Waals surface area contributed by atoms with Crippen LogP contribution in [-0.4, -0.2) is 17.7 Å². The number of nitrogens with zero attached hydrogens (tertiary/aromatic N) is 2. The molecule has 1 saturated heterocycles. The first-order valence-electron chi connectivity index (χ1n) is 4.53. The highest BCUT2D eigenvalue weighted by Crippen LogP contribution is 2.09. The number of carbonyl (C=O) groups is 1. The molecule has 0 atom stereocenters. The predicted molar refractivity (Wildman–Crippen MR) is 55.7 cm³/mol. The molecule has 0 unspecified atom stereocenters. The normalized spacial score (nSPS) is 16.2. The van der Waals surface area contributed by atoms with Crippen molar-refractivity contribution in [3.63, 3.8) is 0 Å². The molecule has 1 aromatic carbocycles. The Morgan fingerprint density at radius 3 is 2.67 bits per heavy atom. The van der Waals surface area contributed by atoms with Crippen molar-refractivity contribution in [3.05, 3.63) is 34.9 Å². The first-order valence-corrected chi connectivity index (χ1v) is 4.91. The average molecular weight is 226 g/mol. The molecule has 15 heavy (non-hydrogen) atoms. The summed E-state index contributed by atoms with van der Waals surface area (Å²) in [6.07, 6.45) is 0.806. The Bertz CT molecular complexity index is 354. The summed E-state index contributed by atoms with van der Waals surface area (Å²) >= 11 is 5.76. The van der Waals surface area contributed by atoms with Gasteiger partial charge in [-0.1, -0.05) is 23.7 Å². The Morgan fingerprint density at radius 2 is 2.07 bits per heavy atom. The predicted octanol–water partition coefficient (Wildman–Crippen LogP) is 0.847. The highest BCUT2D eigenvalue weighted by atomic mass is 35.5. The smallest absolute Gasteiger partial charge is 0.253 e. The fourth-order valence-electron chi connectivity index (χ4n) is 1.27. The fourth-order valence-corrected chi connectivity index (χ4v) is 1.40. The lowest BCUT2D eigenvalue weighted by Crippen LogP contribution is -2.40. The van der Waals surface area contributed by atoms with Crippen LogP contribution in [0.4, 0.5) is 4.79 Å². The van der Waals surface area contributed by atoms with E-state index in [1.165, 1.54) is 5.12 Å². The summed E-state index contributed by atoms with van der Waals surface area (Å²) in [5.41, 5.74) is 9.69. The molecule has 0 spiro atoms. The zero-order valence-electron chi connectivity index (χ0n) is 7.90.